The largest absolute Gasteiger partial charge is 0.298 e. The van der Waals surface area contributed by atoms with Crippen LogP contribution in [0.25, 0.3) is 16.3 Å². The molecule has 0 saturated heterocycles. The van der Waals surface area contributed by atoms with Crippen molar-refractivity contribution >= 4 is 17.6 Å². The van der Waals surface area contributed by atoms with E-state index >= 15 is 0 Å². The number of nitrogens with zero attached hydrogens (tertiary/aromatic N) is 2. The van der Waals surface area contributed by atoms with Crippen LogP contribution in [0.4, 0.5) is 0 Å². The molecule has 0 saturated carbocycles. The van der Waals surface area contributed by atoms with E-state index in [2.05, 4.69) is 5.10 Å². The summed E-state index contributed by atoms with van der Waals surface area (Å²) in [5.41, 5.74) is 2.31. The van der Waals surface area contributed by atoms with Crippen molar-refractivity contribution in [2.45, 2.75) is 6.92 Å². The van der Waals surface area contributed by atoms with Crippen LogP contribution in [-0.4, -0.2) is 16.1 Å². The molecule has 3 aromatic rings. The van der Waals surface area contributed by atoms with Crippen molar-refractivity contribution in [2.75, 3.05) is 0 Å². The number of rotatable bonds is 3. The second-order valence-corrected chi connectivity index (χ2v) is 5.53. The molecule has 0 unspecified atom stereocenters. The van der Waals surface area contributed by atoms with E-state index < -0.39 is 0 Å². The minimum atomic E-state index is 0.616. The van der Waals surface area contributed by atoms with Gasteiger partial charge in [0.15, 0.2) is 6.29 Å². The van der Waals surface area contributed by atoms with Crippen molar-refractivity contribution in [1.82, 2.24) is 9.78 Å². The molecule has 4 heteroatoms. The quantitative estimate of drug-likeness (QED) is 0.678. The number of carbonyl (C=O) groups is 1. The van der Waals surface area contributed by atoms with Gasteiger partial charge in [-0.2, -0.15) is 5.10 Å². The Hall–Kier alpha value is -2.20. The van der Waals surface area contributed by atoms with Crippen molar-refractivity contribution in [3.63, 3.8) is 0 Å². The first kappa shape index (κ1) is 11.9. The zero-order valence-corrected chi connectivity index (χ0v) is 11.2. The molecule has 1 aromatic carbocycles. The van der Waals surface area contributed by atoms with Crippen LogP contribution in [0.2, 0.25) is 0 Å². The first-order valence-corrected chi connectivity index (χ1v) is 6.76. The lowest BCUT2D eigenvalue weighted by Gasteiger charge is -1.99. The number of aromatic nitrogens is 2. The number of aldehydes is 1. The summed E-state index contributed by atoms with van der Waals surface area (Å²) in [6, 6.07) is 13.8. The van der Waals surface area contributed by atoms with Crippen LogP contribution in [0.5, 0.6) is 0 Å². The van der Waals surface area contributed by atoms with E-state index in [9.17, 15) is 4.79 Å². The lowest BCUT2D eigenvalue weighted by molar-refractivity contribution is 0.112. The summed E-state index contributed by atoms with van der Waals surface area (Å²) < 4.78 is 1.74. The summed E-state index contributed by atoms with van der Waals surface area (Å²) in [6.45, 7) is 2.04. The van der Waals surface area contributed by atoms with Crippen molar-refractivity contribution in [2.24, 2.45) is 0 Å². The maximum Gasteiger partial charge on any atom is 0.153 e. The Balaban J connectivity index is 2.11. The molecule has 94 valence electrons. The molecule has 3 nitrogen and oxygen atoms in total. The van der Waals surface area contributed by atoms with E-state index in [1.54, 1.807) is 22.2 Å². The molecule has 2 heterocycles. The average Bonchev–Trinajstić information content (AvgIpc) is 3.05. The summed E-state index contributed by atoms with van der Waals surface area (Å²) in [6.07, 6.45) is 2.63. The van der Waals surface area contributed by atoms with Gasteiger partial charge >= 0.3 is 0 Å². The minimum absolute atomic E-state index is 0.616. The van der Waals surface area contributed by atoms with Gasteiger partial charge < -0.3 is 0 Å². The van der Waals surface area contributed by atoms with Gasteiger partial charge in [0.1, 0.15) is 5.69 Å². The van der Waals surface area contributed by atoms with E-state index in [0.717, 1.165) is 22.5 Å². The standard InChI is InChI=1S/C15H12N2OS/c1-11-7-8-14(19-11)15-12(10-18)9-17(16-15)13-5-3-2-4-6-13/h2-10H,1H3. The second-order valence-electron chi connectivity index (χ2n) is 4.24. The fourth-order valence-electron chi connectivity index (χ4n) is 1.94. The van der Waals surface area contributed by atoms with Gasteiger partial charge in [-0.1, -0.05) is 18.2 Å². The highest BCUT2D eigenvalue weighted by molar-refractivity contribution is 7.15. The van der Waals surface area contributed by atoms with E-state index in [0.29, 0.717) is 5.56 Å². The molecular formula is C15H12N2OS. The van der Waals surface area contributed by atoms with Gasteiger partial charge in [-0.15, -0.1) is 11.3 Å². The Morgan fingerprint density at radius 1 is 1.16 bits per heavy atom. The van der Waals surface area contributed by atoms with Crippen LogP contribution in [0.3, 0.4) is 0 Å². The van der Waals surface area contributed by atoms with Crippen molar-refractivity contribution in [3.05, 3.63) is 59.1 Å². The van der Waals surface area contributed by atoms with Gasteiger partial charge in [0, 0.05) is 11.1 Å². The topological polar surface area (TPSA) is 34.9 Å². The highest BCUT2D eigenvalue weighted by atomic mass is 32.1. The first-order valence-electron chi connectivity index (χ1n) is 5.95. The Labute approximate surface area is 115 Å². The average molecular weight is 268 g/mol. The lowest BCUT2D eigenvalue weighted by atomic mass is 10.2. The van der Waals surface area contributed by atoms with Crippen LogP contribution in [0.1, 0.15) is 15.2 Å². The van der Waals surface area contributed by atoms with Crippen LogP contribution in [0.15, 0.2) is 48.7 Å². The Morgan fingerprint density at radius 2 is 1.95 bits per heavy atom. The Morgan fingerprint density at radius 3 is 2.58 bits per heavy atom. The monoisotopic (exact) mass is 268 g/mol. The SMILES string of the molecule is Cc1ccc(-c2nn(-c3ccccc3)cc2C=O)s1. The molecular weight excluding hydrogens is 256 g/mol. The molecule has 0 atom stereocenters. The molecule has 0 radical (unpaired) electrons. The molecule has 0 aliphatic rings. The van der Waals surface area contributed by atoms with Crippen molar-refractivity contribution in [3.8, 4) is 16.3 Å². The van der Waals surface area contributed by atoms with Gasteiger partial charge in [0.2, 0.25) is 0 Å². The van der Waals surface area contributed by atoms with Crippen molar-refractivity contribution in [1.29, 1.82) is 0 Å². The maximum absolute atomic E-state index is 11.2. The normalized spacial score (nSPS) is 10.6. The first-order chi connectivity index (χ1) is 9.28. The van der Waals surface area contributed by atoms with E-state index in [1.165, 1.54) is 4.88 Å². The molecule has 0 amide bonds. The van der Waals surface area contributed by atoms with Gasteiger partial charge in [0.05, 0.1) is 16.1 Å². The number of para-hydroxylation sites is 1. The van der Waals surface area contributed by atoms with Gasteiger partial charge in [-0.25, -0.2) is 4.68 Å². The summed E-state index contributed by atoms with van der Waals surface area (Å²) in [5.74, 6) is 0. The number of hydrogen-bond donors (Lipinski definition) is 0. The van der Waals surface area contributed by atoms with Gasteiger partial charge in [-0.3, -0.25) is 4.79 Å². The van der Waals surface area contributed by atoms with Gasteiger partial charge in [0.25, 0.3) is 0 Å². The third-order valence-electron chi connectivity index (χ3n) is 2.86. The summed E-state index contributed by atoms with van der Waals surface area (Å²) in [7, 11) is 0. The maximum atomic E-state index is 11.2. The predicted octanol–water partition coefficient (Wildman–Crippen LogP) is 3.72. The van der Waals surface area contributed by atoms with E-state index in [4.69, 9.17) is 0 Å². The van der Waals surface area contributed by atoms with Crippen LogP contribution in [-0.2, 0) is 0 Å². The van der Waals surface area contributed by atoms with Crippen molar-refractivity contribution < 1.29 is 4.79 Å². The highest BCUT2D eigenvalue weighted by Gasteiger charge is 2.12. The molecule has 0 spiro atoms. The summed E-state index contributed by atoms with van der Waals surface area (Å²) in [5, 5.41) is 4.53. The van der Waals surface area contributed by atoms with Crippen LogP contribution in [0, 0.1) is 6.92 Å². The van der Waals surface area contributed by atoms with E-state index in [1.807, 2.05) is 49.4 Å². The minimum Gasteiger partial charge on any atom is -0.298 e. The third-order valence-corrected chi connectivity index (χ3v) is 3.87. The van der Waals surface area contributed by atoms with Gasteiger partial charge in [-0.05, 0) is 31.2 Å². The number of thiophene rings is 1. The van der Waals surface area contributed by atoms with Crippen LogP contribution < -0.4 is 0 Å². The molecule has 0 N–H and O–H groups in total. The third kappa shape index (κ3) is 2.22. The second kappa shape index (κ2) is 4.82. The zero-order valence-electron chi connectivity index (χ0n) is 10.4. The fourth-order valence-corrected chi connectivity index (χ4v) is 2.81. The Bertz CT molecular complexity index is 713. The lowest BCUT2D eigenvalue weighted by Crippen LogP contribution is -1.93. The number of benzene rings is 1. The fraction of sp³-hybridized carbons (Fsp3) is 0.0667. The molecule has 0 fully saturated rings. The Kier molecular flexibility index (Phi) is 3.01. The van der Waals surface area contributed by atoms with E-state index in [-0.39, 0.29) is 0 Å². The van der Waals surface area contributed by atoms with Crippen LogP contribution >= 0.6 is 11.3 Å². The molecule has 0 bridgehead atoms. The number of carbonyl (C=O) groups excluding carboxylic acids is 1. The molecule has 2 aromatic heterocycles. The zero-order chi connectivity index (χ0) is 13.2. The summed E-state index contributed by atoms with van der Waals surface area (Å²) >= 11 is 1.64. The predicted molar refractivity (Wildman–Crippen MR) is 77.0 cm³/mol. The molecule has 0 aliphatic carbocycles. The molecule has 19 heavy (non-hydrogen) atoms. The highest BCUT2D eigenvalue weighted by Crippen LogP contribution is 2.29. The number of aryl methyl sites for hydroxylation is 1. The smallest absolute Gasteiger partial charge is 0.153 e. The number of hydrogen-bond acceptors (Lipinski definition) is 3. The summed E-state index contributed by atoms with van der Waals surface area (Å²) in [4.78, 5) is 13.4. The molecule has 0 aliphatic heterocycles. The molecule has 3 rings (SSSR count).